The lowest BCUT2D eigenvalue weighted by Crippen LogP contribution is -1.94. The van der Waals surface area contributed by atoms with Gasteiger partial charge in [-0.1, -0.05) is 18.2 Å². The Morgan fingerprint density at radius 1 is 1.40 bits per heavy atom. The number of carbonyl (C=O) groups excluding carboxylic acids is 1. The Bertz CT molecular complexity index is 255. The standard InChI is InChI=1S/C8H6IO/c1-6(10)7-4-2-3-5-8(7)9/h2-5H,1H2. The normalized spacial score (nSPS) is 9.40. The molecule has 1 aromatic rings. The number of halogens is 1. The monoisotopic (exact) mass is 245 g/mol. The zero-order chi connectivity index (χ0) is 7.56. The van der Waals surface area contributed by atoms with E-state index in [0.717, 1.165) is 3.57 Å². The Hall–Kier alpha value is -0.380. The largest absolute Gasteiger partial charge is 0.294 e. The molecule has 0 heterocycles. The van der Waals surface area contributed by atoms with Crippen molar-refractivity contribution < 1.29 is 4.79 Å². The van der Waals surface area contributed by atoms with Crippen LogP contribution in [0.4, 0.5) is 0 Å². The van der Waals surface area contributed by atoms with Gasteiger partial charge in [-0.25, -0.2) is 0 Å². The van der Waals surface area contributed by atoms with Crippen LogP contribution in [0.5, 0.6) is 0 Å². The first-order valence-corrected chi connectivity index (χ1v) is 3.90. The van der Waals surface area contributed by atoms with E-state index in [1.165, 1.54) is 0 Å². The molecule has 2 heteroatoms. The molecule has 10 heavy (non-hydrogen) atoms. The summed E-state index contributed by atoms with van der Waals surface area (Å²) in [5.41, 5.74) is 0.697. The fraction of sp³-hybridized carbons (Fsp3) is 0. The highest BCUT2D eigenvalue weighted by Gasteiger charge is 2.01. The molecule has 0 aliphatic heterocycles. The molecule has 0 aromatic heterocycles. The number of hydrogen-bond donors (Lipinski definition) is 0. The van der Waals surface area contributed by atoms with E-state index in [-0.39, 0.29) is 5.78 Å². The van der Waals surface area contributed by atoms with Gasteiger partial charge in [-0.3, -0.25) is 4.79 Å². The summed E-state index contributed by atoms with van der Waals surface area (Å²) < 4.78 is 0.958. The van der Waals surface area contributed by atoms with Crippen molar-refractivity contribution in [2.45, 2.75) is 0 Å². The lowest BCUT2D eigenvalue weighted by atomic mass is 10.2. The first-order chi connectivity index (χ1) is 4.72. The first-order valence-electron chi connectivity index (χ1n) is 2.82. The minimum absolute atomic E-state index is 0.120. The Labute approximate surface area is 73.6 Å². The van der Waals surface area contributed by atoms with Crippen LogP contribution in [-0.4, -0.2) is 5.78 Å². The fourth-order valence-corrected chi connectivity index (χ4v) is 1.38. The van der Waals surface area contributed by atoms with Gasteiger partial charge in [0.15, 0.2) is 5.78 Å². The highest BCUT2D eigenvalue weighted by Crippen LogP contribution is 2.10. The maximum absolute atomic E-state index is 10.8. The van der Waals surface area contributed by atoms with Crippen molar-refractivity contribution >= 4 is 28.4 Å². The summed E-state index contributed by atoms with van der Waals surface area (Å²) in [4.78, 5) is 10.8. The number of carbonyl (C=O) groups is 1. The lowest BCUT2D eigenvalue weighted by Gasteiger charge is -1.95. The van der Waals surface area contributed by atoms with E-state index in [0.29, 0.717) is 5.56 Å². The molecule has 0 unspecified atom stereocenters. The van der Waals surface area contributed by atoms with Gasteiger partial charge in [0, 0.05) is 16.1 Å². The molecular weight excluding hydrogens is 239 g/mol. The zero-order valence-electron chi connectivity index (χ0n) is 5.30. The summed E-state index contributed by atoms with van der Waals surface area (Å²) in [7, 11) is 0. The van der Waals surface area contributed by atoms with E-state index in [1.807, 2.05) is 18.2 Å². The predicted octanol–water partition coefficient (Wildman–Crippen LogP) is 2.31. The van der Waals surface area contributed by atoms with Gasteiger partial charge in [0.25, 0.3) is 0 Å². The number of hydrogen-bond acceptors (Lipinski definition) is 1. The van der Waals surface area contributed by atoms with Crippen LogP contribution >= 0.6 is 22.6 Å². The average Bonchev–Trinajstić information content (AvgIpc) is 1.88. The Morgan fingerprint density at radius 3 is 2.40 bits per heavy atom. The van der Waals surface area contributed by atoms with Crippen LogP contribution in [0.25, 0.3) is 0 Å². The molecule has 0 fully saturated rings. The topological polar surface area (TPSA) is 17.1 Å². The number of benzene rings is 1. The number of ketones is 1. The molecule has 0 aliphatic carbocycles. The molecule has 1 radical (unpaired) electrons. The van der Waals surface area contributed by atoms with Crippen molar-refractivity contribution in [1.82, 2.24) is 0 Å². The van der Waals surface area contributed by atoms with Gasteiger partial charge in [0.1, 0.15) is 0 Å². The first kappa shape index (κ1) is 7.72. The third-order valence-corrected chi connectivity index (χ3v) is 2.11. The van der Waals surface area contributed by atoms with Gasteiger partial charge < -0.3 is 0 Å². The molecule has 0 saturated heterocycles. The van der Waals surface area contributed by atoms with Crippen LogP contribution in [-0.2, 0) is 0 Å². The summed E-state index contributed by atoms with van der Waals surface area (Å²) in [6.45, 7) is 3.33. The van der Waals surface area contributed by atoms with E-state index in [9.17, 15) is 4.79 Å². The van der Waals surface area contributed by atoms with E-state index in [2.05, 4.69) is 29.5 Å². The molecule has 0 bridgehead atoms. The van der Waals surface area contributed by atoms with Crippen LogP contribution in [0, 0.1) is 10.5 Å². The van der Waals surface area contributed by atoms with E-state index in [1.54, 1.807) is 6.07 Å². The minimum atomic E-state index is -0.120. The highest BCUT2D eigenvalue weighted by molar-refractivity contribution is 14.1. The molecule has 0 spiro atoms. The van der Waals surface area contributed by atoms with Crippen LogP contribution in [0.15, 0.2) is 24.3 Å². The van der Waals surface area contributed by atoms with Crippen LogP contribution < -0.4 is 0 Å². The molecule has 0 amide bonds. The maximum atomic E-state index is 10.8. The number of rotatable bonds is 1. The molecule has 0 atom stereocenters. The second kappa shape index (κ2) is 3.14. The van der Waals surface area contributed by atoms with Crippen molar-refractivity contribution in [3.63, 3.8) is 0 Å². The Kier molecular flexibility index (Phi) is 2.43. The summed E-state index contributed by atoms with van der Waals surface area (Å²) in [6, 6.07) is 7.39. The van der Waals surface area contributed by atoms with E-state index >= 15 is 0 Å². The summed E-state index contributed by atoms with van der Waals surface area (Å²) >= 11 is 2.11. The van der Waals surface area contributed by atoms with Crippen molar-refractivity contribution in [1.29, 1.82) is 0 Å². The molecule has 1 nitrogen and oxygen atoms in total. The second-order valence-corrected chi connectivity index (χ2v) is 3.07. The predicted molar refractivity (Wildman–Crippen MR) is 48.8 cm³/mol. The highest BCUT2D eigenvalue weighted by atomic mass is 127. The third-order valence-electron chi connectivity index (χ3n) is 1.17. The molecule has 0 aliphatic rings. The lowest BCUT2D eigenvalue weighted by molar-refractivity contribution is 0.104. The molecule has 1 rings (SSSR count). The quantitative estimate of drug-likeness (QED) is 0.548. The molecule has 0 N–H and O–H groups in total. The average molecular weight is 245 g/mol. The van der Waals surface area contributed by atoms with Crippen molar-refractivity contribution in [3.05, 3.63) is 40.3 Å². The summed E-state index contributed by atoms with van der Waals surface area (Å²) in [5, 5.41) is 0. The maximum Gasteiger partial charge on any atom is 0.164 e. The van der Waals surface area contributed by atoms with Gasteiger partial charge in [-0.15, -0.1) is 0 Å². The van der Waals surface area contributed by atoms with Gasteiger partial charge >= 0.3 is 0 Å². The van der Waals surface area contributed by atoms with Gasteiger partial charge in [-0.05, 0) is 28.7 Å². The minimum Gasteiger partial charge on any atom is -0.294 e. The number of Topliss-reactive ketones (excluding diaryl/α,β-unsaturated/α-hetero) is 1. The van der Waals surface area contributed by atoms with Crippen LogP contribution in [0.2, 0.25) is 0 Å². The van der Waals surface area contributed by atoms with Crippen molar-refractivity contribution in [3.8, 4) is 0 Å². The van der Waals surface area contributed by atoms with Crippen molar-refractivity contribution in [2.75, 3.05) is 0 Å². The van der Waals surface area contributed by atoms with E-state index in [4.69, 9.17) is 0 Å². The van der Waals surface area contributed by atoms with Gasteiger partial charge in [0.05, 0.1) is 0 Å². The van der Waals surface area contributed by atoms with Crippen molar-refractivity contribution in [2.24, 2.45) is 0 Å². The molecule has 51 valence electrons. The van der Waals surface area contributed by atoms with Crippen LogP contribution in [0.1, 0.15) is 10.4 Å². The Balaban J connectivity index is 3.15. The van der Waals surface area contributed by atoms with E-state index < -0.39 is 0 Å². The summed E-state index contributed by atoms with van der Waals surface area (Å²) in [6.07, 6.45) is 0. The Morgan fingerprint density at radius 2 is 2.00 bits per heavy atom. The fourth-order valence-electron chi connectivity index (χ4n) is 0.687. The SMILES string of the molecule is [CH2]C(=O)c1ccccc1I. The zero-order valence-corrected chi connectivity index (χ0v) is 7.46. The second-order valence-electron chi connectivity index (χ2n) is 1.90. The van der Waals surface area contributed by atoms with Gasteiger partial charge in [-0.2, -0.15) is 0 Å². The molecule has 1 aromatic carbocycles. The third kappa shape index (κ3) is 1.56. The van der Waals surface area contributed by atoms with Crippen LogP contribution in [0.3, 0.4) is 0 Å². The summed E-state index contributed by atoms with van der Waals surface area (Å²) in [5.74, 6) is -0.120. The molecule has 0 saturated carbocycles. The molecular formula is C8H6IO. The smallest absolute Gasteiger partial charge is 0.164 e. The van der Waals surface area contributed by atoms with Gasteiger partial charge in [0.2, 0.25) is 0 Å².